The average molecular weight is 230 g/mol. The summed E-state index contributed by atoms with van der Waals surface area (Å²) in [5.41, 5.74) is 7.28. The summed E-state index contributed by atoms with van der Waals surface area (Å²) < 4.78 is 0. The molecule has 1 heterocycles. The van der Waals surface area contributed by atoms with Gasteiger partial charge in [-0.25, -0.2) is 4.98 Å². The van der Waals surface area contributed by atoms with Crippen molar-refractivity contribution in [2.75, 3.05) is 11.1 Å². The van der Waals surface area contributed by atoms with Gasteiger partial charge in [0.15, 0.2) is 5.13 Å². The summed E-state index contributed by atoms with van der Waals surface area (Å²) in [6, 6.07) is 9.57. The molecule has 0 radical (unpaired) electrons. The lowest BCUT2D eigenvalue weighted by atomic mass is 10.1. The number of hydrogen-bond acceptors (Lipinski definition) is 5. The highest BCUT2D eigenvalue weighted by atomic mass is 32.1. The molecule has 0 aliphatic carbocycles. The molecule has 3 N–H and O–H groups in total. The molecular formula is C11H10N4S. The van der Waals surface area contributed by atoms with E-state index in [-0.39, 0.29) is 0 Å². The first-order valence-corrected chi connectivity index (χ1v) is 5.54. The highest BCUT2D eigenvalue weighted by Gasteiger charge is 1.99. The van der Waals surface area contributed by atoms with E-state index in [2.05, 4.69) is 16.4 Å². The van der Waals surface area contributed by atoms with Crippen LogP contribution in [-0.4, -0.2) is 4.98 Å². The number of nitrogens with one attached hydrogen (secondary N) is 1. The van der Waals surface area contributed by atoms with Crippen LogP contribution in [0.5, 0.6) is 0 Å². The van der Waals surface area contributed by atoms with Gasteiger partial charge in [0.05, 0.1) is 17.8 Å². The Morgan fingerprint density at radius 1 is 1.50 bits per heavy atom. The smallest absolute Gasteiger partial charge is 0.184 e. The normalized spacial score (nSPS) is 9.69. The summed E-state index contributed by atoms with van der Waals surface area (Å²) in [5, 5.41) is 13.4. The van der Waals surface area contributed by atoms with Gasteiger partial charge < -0.3 is 11.1 Å². The van der Waals surface area contributed by atoms with Crippen LogP contribution in [0.25, 0.3) is 0 Å². The molecule has 0 spiro atoms. The van der Waals surface area contributed by atoms with Gasteiger partial charge >= 0.3 is 0 Å². The van der Waals surface area contributed by atoms with Crippen LogP contribution in [0.3, 0.4) is 0 Å². The summed E-state index contributed by atoms with van der Waals surface area (Å²) in [5.74, 6) is 0. The van der Waals surface area contributed by atoms with Gasteiger partial charge in [-0.15, -0.1) is 0 Å². The predicted molar refractivity (Wildman–Crippen MR) is 65.0 cm³/mol. The molecule has 0 saturated heterocycles. The van der Waals surface area contributed by atoms with Crippen molar-refractivity contribution in [3.05, 3.63) is 41.6 Å². The minimum Gasteiger partial charge on any atom is -0.389 e. The van der Waals surface area contributed by atoms with Crippen molar-refractivity contribution in [1.82, 2.24) is 4.98 Å². The second-order valence-electron chi connectivity index (χ2n) is 3.23. The Labute approximate surface area is 97.4 Å². The van der Waals surface area contributed by atoms with Gasteiger partial charge in [0, 0.05) is 6.54 Å². The minimum atomic E-state index is 0.641. The number of aromatic nitrogens is 1. The first-order chi connectivity index (χ1) is 7.78. The van der Waals surface area contributed by atoms with Crippen LogP contribution in [0, 0.1) is 11.3 Å². The topological polar surface area (TPSA) is 74.7 Å². The molecule has 4 nitrogen and oxygen atoms in total. The molecule has 0 atom stereocenters. The quantitative estimate of drug-likeness (QED) is 0.847. The zero-order valence-corrected chi connectivity index (χ0v) is 9.29. The van der Waals surface area contributed by atoms with Gasteiger partial charge in [-0.3, -0.25) is 0 Å². The summed E-state index contributed by atoms with van der Waals surface area (Å²) in [7, 11) is 0. The zero-order chi connectivity index (χ0) is 11.4. The summed E-state index contributed by atoms with van der Waals surface area (Å²) in [4.78, 5) is 4.09. The molecule has 80 valence electrons. The van der Waals surface area contributed by atoms with E-state index in [1.54, 1.807) is 12.3 Å². The summed E-state index contributed by atoms with van der Waals surface area (Å²) in [6.45, 7) is 0.641. The number of rotatable bonds is 3. The molecule has 0 amide bonds. The van der Waals surface area contributed by atoms with E-state index in [1.165, 1.54) is 11.3 Å². The highest BCUT2D eigenvalue weighted by Crippen LogP contribution is 2.20. The number of nitrogen functional groups attached to an aromatic ring is 1. The lowest BCUT2D eigenvalue weighted by Gasteiger charge is -2.02. The number of benzene rings is 1. The van der Waals surface area contributed by atoms with E-state index in [0.29, 0.717) is 17.1 Å². The molecular weight excluding hydrogens is 220 g/mol. The number of nitriles is 1. The van der Waals surface area contributed by atoms with Crippen molar-refractivity contribution in [2.45, 2.75) is 6.54 Å². The van der Waals surface area contributed by atoms with E-state index >= 15 is 0 Å². The lowest BCUT2D eigenvalue weighted by Crippen LogP contribution is -1.98. The number of anilines is 2. The largest absolute Gasteiger partial charge is 0.389 e. The molecule has 0 saturated carbocycles. The Morgan fingerprint density at radius 2 is 2.38 bits per heavy atom. The predicted octanol–water partition coefficient (Wildman–Crippen LogP) is 2.21. The van der Waals surface area contributed by atoms with E-state index in [0.717, 1.165) is 10.7 Å². The Bertz CT molecular complexity index is 527. The fourth-order valence-electron chi connectivity index (χ4n) is 1.30. The third kappa shape index (κ3) is 2.49. The number of nitrogens with zero attached hydrogens (tertiary/aromatic N) is 2. The van der Waals surface area contributed by atoms with Gasteiger partial charge in [-0.2, -0.15) is 5.26 Å². The van der Waals surface area contributed by atoms with E-state index in [4.69, 9.17) is 11.0 Å². The SMILES string of the molecule is N#Cc1cccc(CNc2ncc(N)s2)c1. The molecule has 2 rings (SSSR count). The average Bonchev–Trinajstić information content (AvgIpc) is 2.73. The van der Waals surface area contributed by atoms with Crippen molar-refractivity contribution < 1.29 is 0 Å². The zero-order valence-electron chi connectivity index (χ0n) is 8.47. The van der Waals surface area contributed by atoms with Crippen molar-refractivity contribution in [1.29, 1.82) is 5.26 Å². The van der Waals surface area contributed by atoms with E-state index < -0.39 is 0 Å². The summed E-state index contributed by atoms with van der Waals surface area (Å²) >= 11 is 1.41. The van der Waals surface area contributed by atoms with Crippen LogP contribution < -0.4 is 11.1 Å². The van der Waals surface area contributed by atoms with Crippen LogP contribution in [0.1, 0.15) is 11.1 Å². The monoisotopic (exact) mass is 230 g/mol. The maximum Gasteiger partial charge on any atom is 0.184 e. The van der Waals surface area contributed by atoms with Gasteiger partial charge in [0.1, 0.15) is 5.00 Å². The number of nitrogens with two attached hydrogens (primary N) is 1. The Morgan fingerprint density at radius 3 is 3.06 bits per heavy atom. The maximum atomic E-state index is 8.75. The molecule has 0 unspecified atom stereocenters. The molecule has 0 bridgehead atoms. The molecule has 0 aliphatic heterocycles. The second-order valence-corrected chi connectivity index (χ2v) is 4.30. The van der Waals surface area contributed by atoms with Crippen LogP contribution in [-0.2, 0) is 6.54 Å². The first kappa shape index (κ1) is 10.5. The maximum absolute atomic E-state index is 8.75. The second kappa shape index (κ2) is 4.64. The van der Waals surface area contributed by atoms with Crippen LogP contribution in [0.2, 0.25) is 0 Å². The van der Waals surface area contributed by atoms with Crippen molar-refractivity contribution >= 4 is 21.5 Å². The first-order valence-electron chi connectivity index (χ1n) is 4.72. The third-order valence-corrected chi connectivity index (χ3v) is 2.81. The fraction of sp³-hybridized carbons (Fsp3) is 0.0909. The van der Waals surface area contributed by atoms with Crippen LogP contribution in [0.15, 0.2) is 30.5 Å². The van der Waals surface area contributed by atoms with Crippen molar-refractivity contribution in [3.63, 3.8) is 0 Å². The molecule has 1 aromatic carbocycles. The molecule has 2 aromatic rings. The third-order valence-electron chi connectivity index (χ3n) is 2.02. The fourth-order valence-corrected chi connectivity index (χ4v) is 1.88. The number of thiazole rings is 1. The van der Waals surface area contributed by atoms with Crippen molar-refractivity contribution in [3.8, 4) is 6.07 Å². The molecule has 5 heteroatoms. The molecule has 0 fully saturated rings. The van der Waals surface area contributed by atoms with Gasteiger partial charge in [0.2, 0.25) is 0 Å². The minimum absolute atomic E-state index is 0.641. The number of hydrogen-bond donors (Lipinski definition) is 2. The molecule has 1 aromatic heterocycles. The highest BCUT2D eigenvalue weighted by molar-refractivity contribution is 7.19. The summed E-state index contributed by atoms with van der Waals surface area (Å²) in [6.07, 6.45) is 1.62. The van der Waals surface area contributed by atoms with Gasteiger partial charge in [-0.1, -0.05) is 23.5 Å². The Kier molecular flexibility index (Phi) is 3.03. The van der Waals surface area contributed by atoms with Gasteiger partial charge in [0.25, 0.3) is 0 Å². The van der Waals surface area contributed by atoms with E-state index in [1.807, 2.05) is 18.2 Å². The Balaban J connectivity index is 2.02. The van der Waals surface area contributed by atoms with Crippen LogP contribution in [0.4, 0.5) is 10.1 Å². The van der Waals surface area contributed by atoms with Crippen molar-refractivity contribution in [2.24, 2.45) is 0 Å². The van der Waals surface area contributed by atoms with Gasteiger partial charge in [-0.05, 0) is 17.7 Å². The van der Waals surface area contributed by atoms with E-state index in [9.17, 15) is 0 Å². The van der Waals surface area contributed by atoms with Crippen LogP contribution >= 0.6 is 11.3 Å². The molecule has 0 aliphatic rings. The molecule has 16 heavy (non-hydrogen) atoms. The Hall–Kier alpha value is -2.06. The standard InChI is InChI=1S/C11H10N4S/c12-5-8-2-1-3-9(4-8)6-14-11-15-7-10(13)16-11/h1-4,7H,6,13H2,(H,14,15). The lowest BCUT2D eigenvalue weighted by molar-refractivity contribution is 1.13.